The highest BCUT2D eigenvalue weighted by molar-refractivity contribution is 14.1. The number of hydrogen-bond donors (Lipinski definition) is 2. The molecule has 5 aromatic rings. The summed E-state index contributed by atoms with van der Waals surface area (Å²) >= 11 is 7.54. The van der Waals surface area contributed by atoms with Crippen molar-refractivity contribution in [1.29, 1.82) is 0 Å². The number of carbonyl (C=O) groups is 1. The van der Waals surface area contributed by atoms with Crippen molar-refractivity contribution < 1.29 is 13.6 Å². The van der Waals surface area contributed by atoms with Crippen LogP contribution in [0.2, 0.25) is 0 Å². The van der Waals surface area contributed by atoms with Crippen molar-refractivity contribution in [2.75, 3.05) is 5.32 Å². The van der Waals surface area contributed by atoms with Gasteiger partial charge in [-0.3, -0.25) is 10.1 Å². The minimum atomic E-state index is -0.372. The van der Waals surface area contributed by atoms with Crippen LogP contribution < -0.4 is 10.6 Å². The van der Waals surface area contributed by atoms with Crippen molar-refractivity contribution in [3.63, 3.8) is 0 Å². The van der Waals surface area contributed by atoms with Crippen LogP contribution in [0.5, 0.6) is 0 Å². The monoisotopic (exact) mass is 591 g/mol. The Hall–Kier alpha value is -3.76. The number of furan rings is 1. The molecule has 2 heterocycles. The highest BCUT2D eigenvalue weighted by Gasteiger charge is 2.10. The number of carbonyl (C=O) groups excluding carboxylic acids is 1. The van der Waals surface area contributed by atoms with Gasteiger partial charge in [0.05, 0.1) is 0 Å². The second-order valence-corrected chi connectivity index (χ2v) is 9.21. The fraction of sp³-hybridized carbons (Fsp3) is 0. The van der Waals surface area contributed by atoms with Gasteiger partial charge in [0.1, 0.15) is 17.0 Å². The predicted molar refractivity (Wildman–Crippen MR) is 150 cm³/mol. The summed E-state index contributed by atoms with van der Waals surface area (Å²) in [7, 11) is 0. The normalized spacial score (nSPS) is 11.1. The minimum absolute atomic E-state index is 0.171. The van der Waals surface area contributed by atoms with Crippen LogP contribution in [0, 0.1) is 3.57 Å². The molecule has 1 amide bonds. The average molecular weight is 591 g/mol. The standard InChI is InChI=1S/C27H18IN3O3S/c28-19-8-4-7-18(15-19)26-30-22-16-20(9-12-24(22)34-26)29-27(35)31-25(32)14-11-21-10-13-23(33-21)17-5-2-1-3-6-17/h1-16H,(H2,29,31,32,35)/b14-11+. The third-order valence-electron chi connectivity index (χ3n) is 5.04. The molecule has 0 aliphatic carbocycles. The van der Waals surface area contributed by atoms with Crippen molar-refractivity contribution in [2.45, 2.75) is 0 Å². The van der Waals surface area contributed by atoms with Crippen LogP contribution in [0.1, 0.15) is 5.76 Å². The quantitative estimate of drug-likeness (QED) is 0.132. The van der Waals surface area contributed by atoms with Crippen molar-refractivity contribution >= 4 is 68.7 Å². The van der Waals surface area contributed by atoms with E-state index < -0.39 is 0 Å². The number of anilines is 1. The molecular formula is C27H18IN3O3S. The van der Waals surface area contributed by atoms with E-state index in [0.29, 0.717) is 28.4 Å². The third-order valence-corrected chi connectivity index (χ3v) is 5.91. The fourth-order valence-electron chi connectivity index (χ4n) is 3.42. The Kier molecular flexibility index (Phi) is 6.73. The Morgan fingerprint density at radius 1 is 0.914 bits per heavy atom. The second-order valence-electron chi connectivity index (χ2n) is 7.56. The number of amides is 1. The molecule has 0 aliphatic rings. The second kappa shape index (κ2) is 10.2. The van der Waals surface area contributed by atoms with Gasteiger partial charge in [-0.2, -0.15) is 0 Å². The average Bonchev–Trinajstić information content (AvgIpc) is 3.50. The van der Waals surface area contributed by atoms with Crippen LogP contribution in [-0.4, -0.2) is 16.0 Å². The fourth-order valence-corrected chi connectivity index (χ4v) is 4.19. The molecule has 0 saturated carbocycles. The zero-order valence-electron chi connectivity index (χ0n) is 18.2. The van der Waals surface area contributed by atoms with E-state index in [1.54, 1.807) is 12.1 Å². The summed E-state index contributed by atoms with van der Waals surface area (Å²) in [5.74, 6) is 1.48. The van der Waals surface area contributed by atoms with Gasteiger partial charge in [-0.1, -0.05) is 36.4 Å². The highest BCUT2D eigenvalue weighted by atomic mass is 127. The predicted octanol–water partition coefficient (Wildman–Crippen LogP) is 6.89. The maximum atomic E-state index is 12.3. The summed E-state index contributed by atoms with van der Waals surface area (Å²) in [4.78, 5) is 16.9. The van der Waals surface area contributed by atoms with Gasteiger partial charge in [0.2, 0.25) is 11.8 Å². The number of oxazole rings is 1. The van der Waals surface area contributed by atoms with E-state index in [2.05, 4.69) is 38.2 Å². The molecule has 0 saturated heterocycles. The maximum Gasteiger partial charge on any atom is 0.250 e. The number of hydrogen-bond acceptors (Lipinski definition) is 5. The van der Waals surface area contributed by atoms with E-state index in [1.807, 2.05) is 78.9 Å². The van der Waals surface area contributed by atoms with E-state index in [9.17, 15) is 4.79 Å². The lowest BCUT2D eigenvalue weighted by molar-refractivity contribution is -0.115. The number of nitrogens with zero attached hydrogens (tertiary/aromatic N) is 1. The zero-order valence-corrected chi connectivity index (χ0v) is 21.2. The van der Waals surface area contributed by atoms with Gasteiger partial charge >= 0.3 is 0 Å². The molecule has 0 unspecified atom stereocenters. The van der Waals surface area contributed by atoms with Gasteiger partial charge in [0.25, 0.3) is 0 Å². The molecule has 0 bridgehead atoms. The smallest absolute Gasteiger partial charge is 0.250 e. The number of aromatic nitrogens is 1. The Bertz CT molecular complexity index is 1560. The topological polar surface area (TPSA) is 80.3 Å². The van der Waals surface area contributed by atoms with Crippen LogP contribution in [0.3, 0.4) is 0 Å². The van der Waals surface area contributed by atoms with Gasteiger partial charge in [-0.05, 0) is 89.4 Å². The summed E-state index contributed by atoms with van der Waals surface area (Å²) < 4.78 is 12.7. The summed E-state index contributed by atoms with van der Waals surface area (Å²) in [5.41, 5.74) is 3.91. The Morgan fingerprint density at radius 2 is 1.74 bits per heavy atom. The lowest BCUT2D eigenvalue weighted by Gasteiger charge is -2.07. The van der Waals surface area contributed by atoms with Crippen LogP contribution >= 0.6 is 34.8 Å². The molecular weight excluding hydrogens is 573 g/mol. The number of benzene rings is 3. The molecule has 0 atom stereocenters. The maximum absolute atomic E-state index is 12.3. The first-order valence-electron chi connectivity index (χ1n) is 10.7. The summed E-state index contributed by atoms with van der Waals surface area (Å²) in [6, 6.07) is 26.8. The molecule has 5 rings (SSSR count). The molecule has 172 valence electrons. The molecule has 2 N–H and O–H groups in total. The molecule has 3 aromatic carbocycles. The SMILES string of the molecule is O=C(/C=C/c1ccc(-c2ccccc2)o1)NC(=S)Nc1ccc2oc(-c3cccc(I)c3)nc2c1. The van der Waals surface area contributed by atoms with E-state index in [0.717, 1.165) is 20.5 Å². The lowest BCUT2D eigenvalue weighted by atomic mass is 10.2. The van der Waals surface area contributed by atoms with Crippen molar-refractivity contribution in [1.82, 2.24) is 10.3 Å². The Balaban J connectivity index is 1.21. The number of halogens is 1. The molecule has 0 fully saturated rings. The molecule has 35 heavy (non-hydrogen) atoms. The number of fused-ring (bicyclic) bond motifs is 1. The van der Waals surface area contributed by atoms with Gasteiger partial charge in [-0.25, -0.2) is 4.98 Å². The van der Waals surface area contributed by atoms with E-state index in [4.69, 9.17) is 21.1 Å². The lowest BCUT2D eigenvalue weighted by Crippen LogP contribution is -2.32. The van der Waals surface area contributed by atoms with E-state index in [-0.39, 0.29) is 11.0 Å². The van der Waals surface area contributed by atoms with E-state index >= 15 is 0 Å². The summed E-state index contributed by atoms with van der Waals surface area (Å²) in [6.45, 7) is 0. The zero-order chi connectivity index (χ0) is 24.2. The first-order chi connectivity index (χ1) is 17.0. The van der Waals surface area contributed by atoms with Crippen molar-refractivity contribution in [2.24, 2.45) is 0 Å². The molecule has 0 radical (unpaired) electrons. The van der Waals surface area contributed by atoms with Crippen molar-refractivity contribution in [3.8, 4) is 22.8 Å². The Labute approximate surface area is 220 Å². The number of thiocarbonyl (C=S) groups is 1. The van der Waals surface area contributed by atoms with Gasteiger partial charge in [0, 0.05) is 26.5 Å². The molecule has 6 nitrogen and oxygen atoms in total. The summed E-state index contributed by atoms with van der Waals surface area (Å²) in [5, 5.41) is 5.81. The first kappa shape index (κ1) is 23.0. The summed E-state index contributed by atoms with van der Waals surface area (Å²) in [6.07, 6.45) is 2.97. The van der Waals surface area contributed by atoms with Crippen LogP contribution in [0.25, 0.3) is 40.0 Å². The van der Waals surface area contributed by atoms with Gasteiger partial charge in [-0.15, -0.1) is 0 Å². The van der Waals surface area contributed by atoms with Gasteiger partial charge in [0.15, 0.2) is 10.7 Å². The van der Waals surface area contributed by atoms with Crippen molar-refractivity contribution in [3.05, 3.63) is 100 Å². The van der Waals surface area contributed by atoms with Crippen LogP contribution in [-0.2, 0) is 4.79 Å². The van der Waals surface area contributed by atoms with Gasteiger partial charge < -0.3 is 14.2 Å². The third kappa shape index (κ3) is 5.67. The Morgan fingerprint density at radius 3 is 2.57 bits per heavy atom. The number of rotatable bonds is 5. The number of nitrogens with one attached hydrogen (secondary N) is 2. The first-order valence-corrected chi connectivity index (χ1v) is 12.1. The molecule has 2 aromatic heterocycles. The highest BCUT2D eigenvalue weighted by Crippen LogP contribution is 2.27. The molecule has 8 heteroatoms. The molecule has 0 spiro atoms. The molecule has 0 aliphatic heterocycles. The van der Waals surface area contributed by atoms with E-state index in [1.165, 1.54) is 6.08 Å². The minimum Gasteiger partial charge on any atom is -0.457 e. The van der Waals surface area contributed by atoms with Crippen LogP contribution in [0.15, 0.2) is 99.8 Å². The largest absolute Gasteiger partial charge is 0.457 e. The van der Waals surface area contributed by atoms with Crippen LogP contribution in [0.4, 0.5) is 5.69 Å².